The van der Waals surface area contributed by atoms with E-state index in [-0.39, 0.29) is 28.0 Å². The van der Waals surface area contributed by atoms with E-state index in [1.165, 1.54) is 23.2 Å². The van der Waals surface area contributed by atoms with E-state index in [0.717, 1.165) is 12.8 Å². The topological polar surface area (TPSA) is 0 Å². The SMILES string of the molecule is ClC(Cl)[SiH2]CCc1ccccc1CC[SiH2]C(Cl)Cl. The molecule has 0 fully saturated rings. The number of alkyl halides is 4. The summed E-state index contributed by atoms with van der Waals surface area (Å²) in [6.45, 7) is 0. The van der Waals surface area contributed by atoms with Gasteiger partial charge in [0.05, 0.1) is 28.0 Å². The van der Waals surface area contributed by atoms with Gasteiger partial charge in [0.15, 0.2) is 0 Å². The smallest absolute Gasteiger partial charge is 0.0908 e. The minimum Gasteiger partial charge on any atom is -0.110 e. The van der Waals surface area contributed by atoms with E-state index < -0.39 is 0 Å². The summed E-state index contributed by atoms with van der Waals surface area (Å²) in [6, 6.07) is 11.0. The molecular weight excluding hydrogens is 342 g/mol. The molecule has 0 N–H and O–H groups in total. The van der Waals surface area contributed by atoms with E-state index in [9.17, 15) is 0 Å². The molecule has 1 rings (SSSR count). The molecule has 0 saturated carbocycles. The summed E-state index contributed by atoms with van der Waals surface area (Å²) in [7, 11) is -0.697. The molecular formula is C12H18Cl4Si2. The van der Waals surface area contributed by atoms with Gasteiger partial charge in [-0.1, -0.05) is 36.4 Å². The number of rotatable bonds is 8. The fourth-order valence-corrected chi connectivity index (χ4v) is 5.58. The van der Waals surface area contributed by atoms with Crippen LogP contribution < -0.4 is 0 Å². The predicted molar refractivity (Wildman–Crippen MR) is 91.5 cm³/mol. The van der Waals surface area contributed by atoms with Gasteiger partial charge in [-0.15, -0.1) is 46.4 Å². The van der Waals surface area contributed by atoms with Crippen molar-refractivity contribution in [2.24, 2.45) is 0 Å². The lowest BCUT2D eigenvalue weighted by molar-refractivity contribution is 1.02. The lowest BCUT2D eigenvalue weighted by Crippen LogP contribution is -2.06. The van der Waals surface area contributed by atoms with Gasteiger partial charge in [-0.3, -0.25) is 0 Å². The zero-order valence-electron chi connectivity index (χ0n) is 10.2. The maximum Gasteiger partial charge on any atom is 0.0908 e. The fraction of sp³-hybridized carbons (Fsp3) is 0.500. The van der Waals surface area contributed by atoms with Crippen molar-refractivity contribution >= 4 is 65.4 Å². The Bertz CT molecular complexity index is 312. The van der Waals surface area contributed by atoms with Crippen molar-refractivity contribution in [1.82, 2.24) is 0 Å². The number of halogens is 4. The Hall–Kier alpha value is 0.814. The monoisotopic (exact) mass is 358 g/mol. The molecule has 18 heavy (non-hydrogen) atoms. The van der Waals surface area contributed by atoms with Crippen LogP contribution in [0.1, 0.15) is 11.1 Å². The second-order valence-electron chi connectivity index (χ2n) is 4.34. The van der Waals surface area contributed by atoms with Crippen molar-refractivity contribution in [2.75, 3.05) is 0 Å². The van der Waals surface area contributed by atoms with Gasteiger partial charge in [-0.25, -0.2) is 0 Å². The van der Waals surface area contributed by atoms with Crippen molar-refractivity contribution in [3.05, 3.63) is 35.4 Å². The van der Waals surface area contributed by atoms with Crippen molar-refractivity contribution < 1.29 is 0 Å². The Morgan fingerprint density at radius 2 is 1.17 bits per heavy atom. The molecule has 0 aromatic heterocycles. The highest BCUT2D eigenvalue weighted by atomic mass is 35.5. The van der Waals surface area contributed by atoms with Crippen LogP contribution in [-0.4, -0.2) is 28.0 Å². The largest absolute Gasteiger partial charge is 0.110 e. The third-order valence-corrected chi connectivity index (χ3v) is 7.87. The normalized spacial score (nSPS) is 12.8. The number of hydrogen-bond acceptors (Lipinski definition) is 0. The Morgan fingerprint density at radius 3 is 1.50 bits per heavy atom. The summed E-state index contributed by atoms with van der Waals surface area (Å²) in [5.74, 6) is 0. The number of aryl methyl sites for hydroxylation is 2. The summed E-state index contributed by atoms with van der Waals surface area (Å²) < 4.78 is -0.226. The van der Waals surface area contributed by atoms with Crippen molar-refractivity contribution in [1.29, 1.82) is 0 Å². The van der Waals surface area contributed by atoms with Crippen LogP contribution in [0, 0.1) is 0 Å². The van der Waals surface area contributed by atoms with E-state index in [0.29, 0.717) is 0 Å². The molecule has 1 aromatic carbocycles. The van der Waals surface area contributed by atoms with Crippen molar-refractivity contribution in [2.45, 2.75) is 33.8 Å². The van der Waals surface area contributed by atoms with Gasteiger partial charge >= 0.3 is 0 Å². The maximum atomic E-state index is 5.81. The first-order valence-corrected chi connectivity index (χ1v) is 11.6. The van der Waals surface area contributed by atoms with E-state index in [1.54, 1.807) is 0 Å². The van der Waals surface area contributed by atoms with E-state index in [1.807, 2.05) is 0 Å². The van der Waals surface area contributed by atoms with Crippen LogP contribution in [0.25, 0.3) is 0 Å². The molecule has 0 aliphatic heterocycles. The first-order chi connectivity index (χ1) is 8.59. The van der Waals surface area contributed by atoms with Crippen LogP contribution in [0.4, 0.5) is 0 Å². The Labute approximate surface area is 134 Å². The molecule has 0 saturated heterocycles. The summed E-state index contributed by atoms with van der Waals surface area (Å²) in [6.07, 6.45) is 2.20. The molecule has 0 nitrogen and oxygen atoms in total. The molecule has 0 amide bonds. The molecule has 0 heterocycles. The third-order valence-electron chi connectivity index (χ3n) is 2.86. The molecule has 0 atom stereocenters. The van der Waals surface area contributed by atoms with Crippen molar-refractivity contribution in [3.63, 3.8) is 0 Å². The van der Waals surface area contributed by atoms with Crippen LogP contribution in [0.2, 0.25) is 12.1 Å². The maximum absolute atomic E-state index is 5.81. The van der Waals surface area contributed by atoms with Gasteiger partial charge in [-0.2, -0.15) is 0 Å². The Kier molecular flexibility index (Phi) is 9.07. The molecule has 0 unspecified atom stereocenters. The lowest BCUT2D eigenvalue weighted by Gasteiger charge is -2.09. The molecule has 1 aromatic rings. The summed E-state index contributed by atoms with van der Waals surface area (Å²) in [5, 5.41) is 0. The third kappa shape index (κ3) is 7.41. The van der Waals surface area contributed by atoms with Crippen molar-refractivity contribution in [3.8, 4) is 0 Å². The van der Waals surface area contributed by atoms with Crippen LogP contribution >= 0.6 is 46.4 Å². The average Bonchev–Trinajstić information content (AvgIpc) is 2.30. The van der Waals surface area contributed by atoms with Crippen LogP contribution in [0.15, 0.2) is 24.3 Å². The lowest BCUT2D eigenvalue weighted by atomic mass is 10.0. The van der Waals surface area contributed by atoms with Gasteiger partial charge in [0.1, 0.15) is 0 Å². The summed E-state index contributed by atoms with van der Waals surface area (Å²) in [5.41, 5.74) is 2.88. The molecule has 102 valence electrons. The first-order valence-electron chi connectivity index (χ1n) is 6.22. The second-order valence-corrected chi connectivity index (χ2v) is 13.2. The average molecular weight is 360 g/mol. The van der Waals surface area contributed by atoms with Crippen LogP contribution in [0.5, 0.6) is 0 Å². The van der Waals surface area contributed by atoms with Gasteiger partial charge in [-0.05, 0) is 24.0 Å². The molecule has 0 spiro atoms. The van der Waals surface area contributed by atoms with E-state index in [4.69, 9.17) is 46.4 Å². The number of hydrogen-bond donors (Lipinski definition) is 0. The minimum atomic E-state index is -0.348. The minimum absolute atomic E-state index is 0.113. The van der Waals surface area contributed by atoms with Gasteiger partial charge in [0, 0.05) is 0 Å². The molecule has 6 heteroatoms. The molecule has 0 aliphatic carbocycles. The second kappa shape index (κ2) is 9.68. The zero-order chi connectivity index (χ0) is 13.4. The highest BCUT2D eigenvalue weighted by molar-refractivity contribution is 6.69. The number of benzene rings is 1. The Morgan fingerprint density at radius 1 is 0.778 bits per heavy atom. The van der Waals surface area contributed by atoms with Gasteiger partial charge in [0.25, 0.3) is 0 Å². The standard InChI is InChI=1S/C12H18Cl4Si2/c13-11(14)17-7-5-9-3-1-2-4-10(9)6-8-18-12(15)16/h1-4,11-12H,5-8,17-18H2. The van der Waals surface area contributed by atoms with Gasteiger partial charge in [0.2, 0.25) is 0 Å². The highest BCUT2D eigenvalue weighted by Crippen LogP contribution is 2.15. The van der Waals surface area contributed by atoms with Crippen LogP contribution in [-0.2, 0) is 12.8 Å². The highest BCUT2D eigenvalue weighted by Gasteiger charge is 2.06. The summed E-state index contributed by atoms with van der Waals surface area (Å²) >= 11 is 23.2. The van der Waals surface area contributed by atoms with E-state index in [2.05, 4.69) is 24.3 Å². The van der Waals surface area contributed by atoms with E-state index >= 15 is 0 Å². The zero-order valence-corrected chi connectivity index (χ0v) is 16.1. The Balaban J connectivity index is 2.45. The summed E-state index contributed by atoms with van der Waals surface area (Å²) in [4.78, 5) is 0. The molecule has 0 radical (unpaired) electrons. The fourth-order valence-electron chi connectivity index (χ4n) is 1.94. The molecule has 0 bridgehead atoms. The van der Waals surface area contributed by atoms with Crippen LogP contribution in [0.3, 0.4) is 0 Å². The van der Waals surface area contributed by atoms with Gasteiger partial charge < -0.3 is 0 Å². The first kappa shape index (κ1) is 16.9. The molecule has 0 aliphatic rings. The quantitative estimate of drug-likeness (QED) is 0.492. The predicted octanol–water partition coefficient (Wildman–Crippen LogP) is 3.47.